The smallest absolute Gasteiger partial charge is 0.237 e. The van der Waals surface area contributed by atoms with E-state index < -0.39 is 0 Å². The fourth-order valence-corrected chi connectivity index (χ4v) is 2.91. The first-order valence-corrected chi connectivity index (χ1v) is 7.04. The summed E-state index contributed by atoms with van der Waals surface area (Å²) < 4.78 is 5.27. The predicted molar refractivity (Wildman–Crippen MR) is 74.6 cm³/mol. The van der Waals surface area contributed by atoms with Gasteiger partial charge in [0.15, 0.2) is 5.82 Å². The highest BCUT2D eigenvalue weighted by atomic mass is 16.5. The highest BCUT2D eigenvalue weighted by molar-refractivity contribution is 5.86. The molecule has 0 saturated heterocycles. The van der Waals surface area contributed by atoms with Crippen molar-refractivity contribution in [1.82, 2.24) is 10.1 Å². The number of rotatable bonds is 3. The van der Waals surface area contributed by atoms with Crippen molar-refractivity contribution in [2.45, 2.75) is 45.4 Å². The Morgan fingerprint density at radius 2 is 2.00 bits per heavy atom. The van der Waals surface area contributed by atoms with Crippen molar-refractivity contribution in [3.8, 4) is 0 Å². The number of hydrogen-bond acceptors (Lipinski definition) is 4. The summed E-state index contributed by atoms with van der Waals surface area (Å²) in [5.41, 5.74) is 3.64. The molecule has 1 fully saturated rings. The number of carbonyl (C=O) groups is 1. The van der Waals surface area contributed by atoms with Gasteiger partial charge in [0, 0.05) is 12.8 Å². The van der Waals surface area contributed by atoms with E-state index in [0.717, 1.165) is 12.8 Å². The molecule has 1 aromatic heterocycles. The van der Waals surface area contributed by atoms with Gasteiger partial charge in [-0.25, -0.2) is 0 Å². The van der Waals surface area contributed by atoms with Gasteiger partial charge < -0.3 is 4.52 Å². The van der Waals surface area contributed by atoms with Crippen LogP contribution in [0.25, 0.3) is 0 Å². The number of hydrogen-bond donors (Lipinski definition) is 0. The zero-order valence-corrected chi connectivity index (χ0v) is 11.8. The number of nitrogens with zero attached hydrogens (tertiary/aromatic N) is 2. The first-order chi connectivity index (χ1) is 9.61. The van der Waals surface area contributed by atoms with Crippen LogP contribution in [0.4, 0.5) is 0 Å². The number of aromatic nitrogens is 2. The molecule has 0 aliphatic heterocycles. The molecular weight excluding hydrogens is 252 g/mol. The van der Waals surface area contributed by atoms with Crippen LogP contribution < -0.4 is 0 Å². The molecule has 1 saturated carbocycles. The largest absolute Gasteiger partial charge is 0.339 e. The summed E-state index contributed by atoms with van der Waals surface area (Å²) in [6.45, 7) is 4.16. The van der Waals surface area contributed by atoms with Gasteiger partial charge in [-0.3, -0.25) is 4.79 Å². The summed E-state index contributed by atoms with van der Waals surface area (Å²) in [6.07, 6.45) is 3.05. The molecule has 1 atom stereocenters. The van der Waals surface area contributed by atoms with Crippen molar-refractivity contribution in [3.05, 3.63) is 46.6 Å². The van der Waals surface area contributed by atoms with Crippen LogP contribution in [-0.4, -0.2) is 15.9 Å². The van der Waals surface area contributed by atoms with Gasteiger partial charge in [0.05, 0.1) is 5.92 Å². The maximum atomic E-state index is 11.7. The maximum Gasteiger partial charge on any atom is 0.237 e. The highest BCUT2D eigenvalue weighted by Crippen LogP contribution is 2.30. The Kier molecular flexibility index (Phi) is 3.38. The van der Waals surface area contributed by atoms with E-state index in [1.807, 2.05) is 0 Å². The molecule has 1 aliphatic rings. The van der Waals surface area contributed by atoms with Crippen LogP contribution >= 0.6 is 0 Å². The van der Waals surface area contributed by atoms with Gasteiger partial charge in [0.25, 0.3) is 0 Å². The minimum atomic E-state index is -0.171. The molecule has 1 aliphatic carbocycles. The number of aryl methyl sites for hydroxylation is 2. The molecule has 4 heteroatoms. The van der Waals surface area contributed by atoms with Crippen LogP contribution in [0, 0.1) is 13.8 Å². The number of benzene rings is 1. The summed E-state index contributed by atoms with van der Waals surface area (Å²) in [4.78, 5) is 16.1. The summed E-state index contributed by atoms with van der Waals surface area (Å²) in [6, 6.07) is 6.40. The molecule has 3 rings (SSSR count). The molecule has 0 radical (unpaired) electrons. The topological polar surface area (TPSA) is 56.0 Å². The SMILES string of the molecule is Cc1cc(C)cc(Cc2noc(C3CCCC3=O)n2)c1. The third-order valence-electron chi connectivity index (χ3n) is 3.73. The Hall–Kier alpha value is -1.97. The molecule has 0 spiro atoms. The molecule has 2 aromatic rings. The van der Waals surface area contributed by atoms with E-state index in [2.05, 4.69) is 42.2 Å². The molecule has 0 bridgehead atoms. The van der Waals surface area contributed by atoms with Gasteiger partial charge in [0.1, 0.15) is 5.78 Å². The van der Waals surface area contributed by atoms with Crippen LogP contribution in [0.15, 0.2) is 22.7 Å². The van der Waals surface area contributed by atoms with Crippen LogP contribution in [0.1, 0.15) is 53.6 Å². The Morgan fingerprint density at radius 3 is 2.65 bits per heavy atom. The molecule has 4 nitrogen and oxygen atoms in total. The first kappa shape index (κ1) is 13.0. The summed E-state index contributed by atoms with van der Waals surface area (Å²) >= 11 is 0. The van der Waals surface area contributed by atoms with Gasteiger partial charge in [-0.2, -0.15) is 4.98 Å². The zero-order chi connectivity index (χ0) is 14.1. The highest BCUT2D eigenvalue weighted by Gasteiger charge is 2.30. The van der Waals surface area contributed by atoms with Crippen molar-refractivity contribution in [3.63, 3.8) is 0 Å². The van der Waals surface area contributed by atoms with Crippen molar-refractivity contribution < 1.29 is 9.32 Å². The van der Waals surface area contributed by atoms with Crippen LogP contribution in [0.5, 0.6) is 0 Å². The Balaban J connectivity index is 1.78. The quantitative estimate of drug-likeness (QED) is 0.860. The third kappa shape index (κ3) is 2.64. The lowest BCUT2D eigenvalue weighted by atomic mass is 10.0. The van der Waals surface area contributed by atoms with Gasteiger partial charge >= 0.3 is 0 Å². The predicted octanol–water partition coefficient (Wildman–Crippen LogP) is 3.11. The Bertz CT molecular complexity index is 625. The van der Waals surface area contributed by atoms with Crippen LogP contribution in [0.2, 0.25) is 0 Å². The standard InChI is InChI=1S/C16H18N2O2/c1-10-6-11(2)8-12(7-10)9-15-17-16(20-18-15)13-4-3-5-14(13)19/h6-8,13H,3-5,9H2,1-2H3. The average Bonchev–Trinajstić information content (AvgIpc) is 2.96. The molecule has 1 heterocycles. The van der Waals surface area contributed by atoms with Crippen molar-refractivity contribution in [2.24, 2.45) is 0 Å². The lowest BCUT2D eigenvalue weighted by molar-refractivity contribution is -0.119. The number of ketones is 1. The molecule has 20 heavy (non-hydrogen) atoms. The van der Waals surface area contributed by atoms with Crippen molar-refractivity contribution in [2.75, 3.05) is 0 Å². The lowest BCUT2D eigenvalue weighted by Crippen LogP contribution is -2.04. The fraction of sp³-hybridized carbons (Fsp3) is 0.438. The van der Waals surface area contributed by atoms with Crippen LogP contribution in [-0.2, 0) is 11.2 Å². The second kappa shape index (κ2) is 5.19. The number of Topliss-reactive ketones (excluding diaryl/α,β-unsaturated/α-hetero) is 1. The van der Waals surface area contributed by atoms with Crippen molar-refractivity contribution >= 4 is 5.78 Å². The Morgan fingerprint density at radius 1 is 1.25 bits per heavy atom. The maximum absolute atomic E-state index is 11.7. The number of carbonyl (C=O) groups excluding carboxylic acids is 1. The summed E-state index contributed by atoms with van der Waals surface area (Å²) in [5.74, 6) is 1.21. The van der Waals surface area contributed by atoms with E-state index in [0.29, 0.717) is 24.6 Å². The van der Waals surface area contributed by atoms with Gasteiger partial charge in [-0.05, 0) is 32.3 Å². The second-order valence-electron chi connectivity index (χ2n) is 5.63. The molecule has 104 valence electrons. The van der Waals surface area contributed by atoms with E-state index in [1.165, 1.54) is 16.7 Å². The van der Waals surface area contributed by atoms with Gasteiger partial charge in [-0.15, -0.1) is 0 Å². The minimum Gasteiger partial charge on any atom is -0.339 e. The lowest BCUT2D eigenvalue weighted by Gasteiger charge is -2.02. The normalized spacial score (nSPS) is 18.7. The van der Waals surface area contributed by atoms with Gasteiger partial charge in [0.2, 0.25) is 5.89 Å². The van der Waals surface area contributed by atoms with E-state index in [-0.39, 0.29) is 11.7 Å². The van der Waals surface area contributed by atoms with Gasteiger partial charge in [-0.1, -0.05) is 34.5 Å². The summed E-state index contributed by atoms with van der Waals surface area (Å²) in [7, 11) is 0. The molecule has 0 amide bonds. The van der Waals surface area contributed by atoms with Crippen molar-refractivity contribution in [1.29, 1.82) is 0 Å². The Labute approximate surface area is 118 Å². The molecule has 1 aromatic carbocycles. The molecular formula is C16H18N2O2. The molecule has 0 N–H and O–H groups in total. The van der Waals surface area contributed by atoms with E-state index >= 15 is 0 Å². The van der Waals surface area contributed by atoms with E-state index in [4.69, 9.17) is 4.52 Å². The third-order valence-corrected chi connectivity index (χ3v) is 3.73. The van der Waals surface area contributed by atoms with Crippen LogP contribution in [0.3, 0.4) is 0 Å². The second-order valence-corrected chi connectivity index (χ2v) is 5.63. The monoisotopic (exact) mass is 270 g/mol. The first-order valence-electron chi connectivity index (χ1n) is 7.04. The van der Waals surface area contributed by atoms with E-state index in [9.17, 15) is 4.79 Å². The molecule has 1 unspecified atom stereocenters. The fourth-order valence-electron chi connectivity index (χ4n) is 2.91. The minimum absolute atomic E-state index is 0.171. The summed E-state index contributed by atoms with van der Waals surface area (Å²) in [5, 5.41) is 4.01. The van der Waals surface area contributed by atoms with E-state index in [1.54, 1.807) is 0 Å². The average molecular weight is 270 g/mol. The zero-order valence-electron chi connectivity index (χ0n) is 11.8.